The number of hydrogen-bond donors (Lipinski definition) is 1. The maximum absolute atomic E-state index is 12.6. The maximum atomic E-state index is 12.6. The van der Waals surface area contributed by atoms with Gasteiger partial charge in [0.25, 0.3) is 5.91 Å². The highest BCUT2D eigenvalue weighted by atomic mass is 35.5. The number of benzene rings is 3. The number of nitrogens with one attached hydrogen (secondary N) is 1. The molecule has 168 valence electrons. The van der Waals surface area contributed by atoms with Crippen LogP contribution < -0.4 is 14.2 Å². The summed E-state index contributed by atoms with van der Waals surface area (Å²) in [4.78, 5) is 17.2. The Labute approximate surface area is 200 Å². The fourth-order valence-corrected chi connectivity index (χ4v) is 5.02. The summed E-state index contributed by atoms with van der Waals surface area (Å²) in [6, 6.07) is 20.0. The van der Waals surface area contributed by atoms with Crippen molar-refractivity contribution in [2.24, 2.45) is 4.99 Å². The molecule has 1 aliphatic rings. The van der Waals surface area contributed by atoms with Crippen molar-refractivity contribution in [2.45, 2.75) is 4.90 Å². The van der Waals surface area contributed by atoms with E-state index >= 15 is 0 Å². The number of halogens is 1. The number of hydrogen-bond acceptors (Lipinski definition) is 7. The van der Waals surface area contributed by atoms with Crippen LogP contribution in [-0.4, -0.2) is 26.6 Å². The quantitative estimate of drug-likeness (QED) is 0.378. The minimum atomic E-state index is -4.11. The minimum absolute atomic E-state index is 0.0152. The first kappa shape index (κ1) is 22.9. The van der Waals surface area contributed by atoms with E-state index in [0.29, 0.717) is 21.3 Å². The Morgan fingerprint density at radius 1 is 1.03 bits per heavy atom. The molecule has 1 fully saturated rings. The largest absolute Gasteiger partial charge is 0.493 e. The van der Waals surface area contributed by atoms with Gasteiger partial charge in [0.1, 0.15) is 4.90 Å². The Kier molecular flexibility index (Phi) is 6.73. The molecule has 0 spiro atoms. The summed E-state index contributed by atoms with van der Waals surface area (Å²) in [5, 5.41) is 3.18. The summed E-state index contributed by atoms with van der Waals surface area (Å²) in [5.41, 5.74) is 1.24. The second-order valence-corrected chi connectivity index (χ2v) is 9.69. The predicted molar refractivity (Wildman–Crippen MR) is 130 cm³/mol. The van der Waals surface area contributed by atoms with E-state index in [0.717, 1.165) is 0 Å². The molecule has 1 saturated heterocycles. The third-order valence-electron chi connectivity index (χ3n) is 4.41. The van der Waals surface area contributed by atoms with Gasteiger partial charge in [0.15, 0.2) is 10.9 Å². The van der Waals surface area contributed by atoms with Crippen LogP contribution in [0.5, 0.6) is 11.5 Å². The van der Waals surface area contributed by atoms with E-state index < -0.39 is 10.1 Å². The fourth-order valence-electron chi connectivity index (χ4n) is 2.90. The van der Waals surface area contributed by atoms with E-state index in [2.05, 4.69) is 10.3 Å². The van der Waals surface area contributed by atoms with Gasteiger partial charge in [-0.05, 0) is 59.8 Å². The molecule has 10 heteroatoms. The molecule has 4 rings (SSSR count). The van der Waals surface area contributed by atoms with Gasteiger partial charge in [0.05, 0.1) is 22.7 Å². The second kappa shape index (κ2) is 9.70. The summed E-state index contributed by atoms with van der Waals surface area (Å²) < 4.78 is 35.8. The van der Waals surface area contributed by atoms with Gasteiger partial charge in [0, 0.05) is 0 Å². The lowest BCUT2D eigenvalue weighted by atomic mass is 10.2. The molecule has 7 nitrogen and oxygen atoms in total. The van der Waals surface area contributed by atoms with Crippen molar-refractivity contribution < 1.29 is 22.1 Å². The van der Waals surface area contributed by atoms with Crippen molar-refractivity contribution in [2.75, 3.05) is 7.11 Å². The SMILES string of the molecule is COc1cc(/C=C2\SC(=Nc3ccccc3)NC2=O)cc(Cl)c1OS(=O)(=O)c1ccccc1. The molecule has 0 bridgehead atoms. The van der Waals surface area contributed by atoms with Gasteiger partial charge in [-0.1, -0.05) is 48.0 Å². The number of ether oxygens (including phenoxy) is 1. The molecule has 1 N–H and O–H groups in total. The first-order valence-corrected chi connectivity index (χ1v) is 12.2. The van der Waals surface area contributed by atoms with Crippen molar-refractivity contribution in [3.05, 3.63) is 88.3 Å². The van der Waals surface area contributed by atoms with E-state index in [1.165, 1.54) is 43.1 Å². The van der Waals surface area contributed by atoms with E-state index in [4.69, 9.17) is 20.5 Å². The van der Waals surface area contributed by atoms with Crippen molar-refractivity contribution in [3.8, 4) is 11.5 Å². The summed E-state index contributed by atoms with van der Waals surface area (Å²) in [5.74, 6) is -0.341. The Morgan fingerprint density at radius 3 is 2.36 bits per heavy atom. The molecule has 0 unspecified atom stereocenters. The first-order chi connectivity index (χ1) is 15.9. The van der Waals surface area contributed by atoms with Crippen LogP contribution in [0.25, 0.3) is 6.08 Å². The molecule has 1 amide bonds. The predicted octanol–water partition coefficient (Wildman–Crippen LogP) is 5.01. The second-order valence-electron chi connectivity index (χ2n) is 6.70. The Bertz CT molecular complexity index is 1360. The molecule has 1 heterocycles. The zero-order valence-corrected chi connectivity index (χ0v) is 19.6. The smallest absolute Gasteiger partial charge is 0.339 e. The number of methoxy groups -OCH3 is 1. The maximum Gasteiger partial charge on any atom is 0.339 e. The van der Waals surface area contributed by atoms with E-state index in [1.807, 2.05) is 30.3 Å². The molecule has 0 aliphatic carbocycles. The lowest BCUT2D eigenvalue weighted by molar-refractivity contribution is -0.115. The van der Waals surface area contributed by atoms with Gasteiger partial charge in [0.2, 0.25) is 5.75 Å². The summed E-state index contributed by atoms with van der Waals surface area (Å²) in [7, 11) is -2.75. The number of amides is 1. The van der Waals surface area contributed by atoms with Gasteiger partial charge < -0.3 is 14.2 Å². The van der Waals surface area contributed by atoms with Crippen LogP contribution in [0.3, 0.4) is 0 Å². The zero-order chi connectivity index (χ0) is 23.4. The monoisotopic (exact) mass is 500 g/mol. The van der Waals surface area contributed by atoms with Crippen LogP contribution in [0.1, 0.15) is 5.56 Å². The number of thioether (sulfide) groups is 1. The highest BCUT2D eigenvalue weighted by Gasteiger charge is 2.25. The van der Waals surface area contributed by atoms with Crippen molar-refractivity contribution in [1.29, 1.82) is 0 Å². The topological polar surface area (TPSA) is 94.1 Å². The van der Waals surface area contributed by atoms with Crippen LogP contribution in [0.15, 0.2) is 87.6 Å². The van der Waals surface area contributed by atoms with E-state index in [9.17, 15) is 13.2 Å². The van der Waals surface area contributed by atoms with E-state index in [1.54, 1.807) is 24.3 Å². The van der Waals surface area contributed by atoms with Gasteiger partial charge >= 0.3 is 10.1 Å². The van der Waals surface area contributed by atoms with Gasteiger partial charge in [-0.15, -0.1) is 0 Å². The molecule has 3 aromatic rings. The molecule has 0 radical (unpaired) electrons. The van der Waals surface area contributed by atoms with Gasteiger partial charge in [-0.3, -0.25) is 4.79 Å². The summed E-state index contributed by atoms with van der Waals surface area (Å²) in [6.07, 6.45) is 1.61. The first-order valence-electron chi connectivity index (χ1n) is 9.57. The molecule has 0 saturated carbocycles. The third-order valence-corrected chi connectivity index (χ3v) is 6.84. The van der Waals surface area contributed by atoms with Crippen LogP contribution in [-0.2, 0) is 14.9 Å². The lowest BCUT2D eigenvalue weighted by Crippen LogP contribution is -2.19. The minimum Gasteiger partial charge on any atom is -0.493 e. The van der Waals surface area contributed by atoms with Crippen molar-refractivity contribution >= 4 is 56.3 Å². The standard InChI is InChI=1S/C23H17ClN2O5S2/c1-30-19-13-15(12-18(24)21(19)31-33(28,29)17-10-6-3-7-11-17)14-20-22(27)26-23(32-20)25-16-8-4-2-5-9-16/h2-14H,1H3,(H,25,26,27)/b20-14-. The molecule has 1 aliphatic heterocycles. The number of aliphatic imine (C=N–C) groups is 1. The average molecular weight is 501 g/mol. The molecule has 0 atom stereocenters. The zero-order valence-electron chi connectivity index (χ0n) is 17.2. The Hall–Kier alpha value is -3.27. The van der Waals surface area contributed by atoms with Crippen molar-refractivity contribution in [1.82, 2.24) is 5.32 Å². The van der Waals surface area contributed by atoms with Crippen LogP contribution in [0, 0.1) is 0 Å². The summed E-state index contributed by atoms with van der Waals surface area (Å²) in [6.45, 7) is 0. The van der Waals surface area contributed by atoms with Gasteiger partial charge in [-0.2, -0.15) is 8.42 Å². The highest BCUT2D eigenvalue weighted by Crippen LogP contribution is 2.39. The number of amidine groups is 1. The molecule has 0 aromatic heterocycles. The number of carbonyl (C=O) groups is 1. The molecule has 3 aromatic carbocycles. The summed E-state index contributed by atoms with van der Waals surface area (Å²) >= 11 is 7.51. The van der Waals surface area contributed by atoms with Crippen molar-refractivity contribution in [3.63, 3.8) is 0 Å². The lowest BCUT2D eigenvalue weighted by Gasteiger charge is -2.13. The average Bonchev–Trinajstić information content (AvgIpc) is 3.15. The number of rotatable bonds is 6. The van der Waals surface area contributed by atoms with Crippen LogP contribution in [0.2, 0.25) is 5.02 Å². The number of para-hydroxylation sites is 1. The molecular formula is C23H17ClN2O5S2. The third kappa shape index (κ3) is 5.39. The Morgan fingerprint density at radius 2 is 1.70 bits per heavy atom. The molecular weight excluding hydrogens is 484 g/mol. The van der Waals surface area contributed by atoms with Gasteiger partial charge in [-0.25, -0.2) is 4.99 Å². The van der Waals surface area contributed by atoms with E-state index in [-0.39, 0.29) is 27.3 Å². The highest BCUT2D eigenvalue weighted by molar-refractivity contribution is 8.18. The molecule has 33 heavy (non-hydrogen) atoms. The van der Waals surface area contributed by atoms with Crippen LogP contribution in [0.4, 0.5) is 5.69 Å². The Balaban J connectivity index is 1.61. The van der Waals surface area contributed by atoms with Crippen LogP contribution >= 0.6 is 23.4 Å². The fraction of sp³-hybridized carbons (Fsp3) is 0.0435. The number of nitrogens with zero attached hydrogens (tertiary/aromatic N) is 1. The number of carbonyl (C=O) groups excluding carboxylic acids is 1. The normalized spacial score (nSPS) is 16.1.